The van der Waals surface area contributed by atoms with Crippen LogP contribution >= 0.6 is 0 Å². The molecule has 4 unspecified atom stereocenters. The predicted molar refractivity (Wildman–Crippen MR) is 202 cm³/mol. The molecule has 53 heavy (non-hydrogen) atoms. The number of carboxylic acid groups (broad SMARTS) is 1. The summed E-state index contributed by atoms with van der Waals surface area (Å²) in [5.74, 6) is 0.0366. The summed E-state index contributed by atoms with van der Waals surface area (Å²) in [7, 11) is 1.26. The number of H-pyrrole nitrogens is 2. The summed E-state index contributed by atoms with van der Waals surface area (Å²) in [6.07, 6.45) is 1.53. The van der Waals surface area contributed by atoms with Crippen molar-refractivity contribution in [1.29, 1.82) is 0 Å². The van der Waals surface area contributed by atoms with Gasteiger partial charge in [0.25, 0.3) is 0 Å². The van der Waals surface area contributed by atoms with E-state index in [0.717, 1.165) is 44.4 Å². The summed E-state index contributed by atoms with van der Waals surface area (Å²) in [4.78, 5) is 64.0. The number of methoxy groups -OCH3 is 1. The van der Waals surface area contributed by atoms with Gasteiger partial charge in [0.2, 0.25) is 11.8 Å². The van der Waals surface area contributed by atoms with Crippen LogP contribution in [0.15, 0.2) is 73.1 Å². The number of nitrogens with zero attached hydrogens (tertiary/aromatic N) is 2. The van der Waals surface area contributed by atoms with Crippen molar-refractivity contribution in [2.75, 3.05) is 7.11 Å². The molecule has 0 saturated heterocycles. The second-order valence-corrected chi connectivity index (χ2v) is 13.7. The molecule has 0 saturated carbocycles. The lowest BCUT2D eigenvalue weighted by atomic mass is 9.98. The molecular formula is C39H46N8O6. The van der Waals surface area contributed by atoms with E-state index in [1.165, 1.54) is 7.11 Å². The number of aromatic amines is 2. The van der Waals surface area contributed by atoms with Gasteiger partial charge in [-0.1, -0.05) is 76.2 Å². The minimum Gasteiger partial charge on any atom is -0.465 e. The van der Waals surface area contributed by atoms with Crippen LogP contribution in [0.25, 0.3) is 44.4 Å². The van der Waals surface area contributed by atoms with Gasteiger partial charge < -0.3 is 41.1 Å². The van der Waals surface area contributed by atoms with Gasteiger partial charge in [-0.15, -0.1) is 0 Å². The van der Waals surface area contributed by atoms with Gasteiger partial charge in [-0.25, -0.2) is 19.6 Å². The molecule has 0 radical (unpaired) electrons. The maximum Gasteiger partial charge on any atom is 0.407 e. The average molecular weight is 723 g/mol. The Hall–Kier alpha value is -6.18. The summed E-state index contributed by atoms with van der Waals surface area (Å²) >= 11 is 0. The summed E-state index contributed by atoms with van der Waals surface area (Å²) in [6, 6.07) is 18.1. The second-order valence-electron chi connectivity index (χ2n) is 13.7. The van der Waals surface area contributed by atoms with Gasteiger partial charge in [-0.3, -0.25) is 9.59 Å². The molecule has 0 aliphatic heterocycles. The lowest BCUT2D eigenvalue weighted by molar-refractivity contribution is -0.125. The molecule has 14 nitrogen and oxygen atoms in total. The highest BCUT2D eigenvalue weighted by Gasteiger charge is 2.27. The number of hydrogen-bond donors (Lipinski definition) is 7. The Morgan fingerprint density at radius 1 is 0.604 bits per heavy atom. The van der Waals surface area contributed by atoms with Gasteiger partial charge >= 0.3 is 12.2 Å². The van der Waals surface area contributed by atoms with E-state index < -0.39 is 42.3 Å². The van der Waals surface area contributed by atoms with Crippen LogP contribution in [-0.4, -0.2) is 68.2 Å². The largest absolute Gasteiger partial charge is 0.465 e. The first-order valence-electron chi connectivity index (χ1n) is 17.4. The Morgan fingerprint density at radius 3 is 1.53 bits per heavy atom. The number of rotatable bonds is 13. The molecular weight excluding hydrogens is 676 g/mol. The van der Waals surface area contributed by atoms with Gasteiger partial charge in [-0.2, -0.15) is 0 Å². The standard InChI is InChI=1S/C39H46N8O6/c1-20(2)32(46-38(50)51)36(48)42-22(5)34-40-18-30(44-34)25-10-8-24(9-11-25)26-12-13-28-17-29(15-14-27(28)16-26)31-19-41-35(45-31)23(6)43-37(49)33(21(3)4)47-39(52)53-7/h8-23,32-33,46H,1-7H3,(H,40,44)(H,41,45)(H,42,48)(H,43,49)(H,47,52)(H,50,51). The van der Waals surface area contributed by atoms with E-state index in [4.69, 9.17) is 5.11 Å². The summed E-state index contributed by atoms with van der Waals surface area (Å²) in [6.45, 7) is 10.9. The molecule has 14 heteroatoms. The number of carbonyl (C=O) groups excluding carboxylic acids is 3. The molecule has 5 aromatic rings. The van der Waals surface area contributed by atoms with Crippen LogP contribution in [0.1, 0.15) is 65.3 Å². The topological polar surface area (TPSA) is 203 Å². The number of benzene rings is 3. The van der Waals surface area contributed by atoms with E-state index in [1.54, 1.807) is 33.2 Å². The third-order valence-electron chi connectivity index (χ3n) is 9.05. The molecule has 4 atom stereocenters. The second kappa shape index (κ2) is 16.4. The first-order chi connectivity index (χ1) is 25.2. The Labute approximate surface area is 307 Å². The maximum absolute atomic E-state index is 12.9. The van der Waals surface area contributed by atoms with Crippen LogP contribution in [-0.2, 0) is 14.3 Å². The highest BCUT2D eigenvalue weighted by molar-refractivity contribution is 5.91. The van der Waals surface area contributed by atoms with E-state index in [-0.39, 0.29) is 17.7 Å². The van der Waals surface area contributed by atoms with Gasteiger partial charge in [-0.05, 0) is 65.3 Å². The van der Waals surface area contributed by atoms with Gasteiger partial charge in [0.15, 0.2) is 0 Å². The zero-order chi connectivity index (χ0) is 38.4. The number of imidazole rings is 2. The van der Waals surface area contributed by atoms with Gasteiger partial charge in [0.1, 0.15) is 23.7 Å². The van der Waals surface area contributed by atoms with Gasteiger partial charge in [0, 0.05) is 5.56 Å². The van der Waals surface area contributed by atoms with Crippen molar-refractivity contribution >= 4 is 34.8 Å². The van der Waals surface area contributed by atoms with E-state index in [1.807, 2.05) is 51.1 Å². The third-order valence-corrected chi connectivity index (χ3v) is 9.05. The molecule has 4 amide bonds. The summed E-state index contributed by atoms with van der Waals surface area (Å²) < 4.78 is 4.66. The van der Waals surface area contributed by atoms with E-state index in [9.17, 15) is 19.2 Å². The molecule has 2 aromatic heterocycles. The smallest absolute Gasteiger partial charge is 0.407 e. The molecule has 0 aliphatic rings. The average Bonchev–Trinajstić information content (AvgIpc) is 3.83. The Balaban J connectivity index is 1.23. The number of ether oxygens (including phenoxy) is 1. The fourth-order valence-electron chi connectivity index (χ4n) is 5.97. The first kappa shape index (κ1) is 38.1. The van der Waals surface area contributed by atoms with Crippen LogP contribution in [0.2, 0.25) is 0 Å². The molecule has 5 rings (SSSR count). The predicted octanol–water partition coefficient (Wildman–Crippen LogP) is 6.31. The van der Waals surface area contributed by atoms with E-state index >= 15 is 0 Å². The SMILES string of the molecule is COC(=O)NC(C(=O)NC(C)c1ncc(-c2ccc3cc(-c4ccc(-c5cnc(C(C)NC(=O)C(NC(=O)O)C(C)C)[nH]5)cc4)ccc3c2)[nH]1)C(C)C. The number of nitrogens with one attached hydrogen (secondary N) is 6. The number of amides is 4. The van der Waals surface area contributed by atoms with Crippen LogP contribution in [0.5, 0.6) is 0 Å². The Kier molecular flexibility index (Phi) is 11.8. The zero-order valence-electron chi connectivity index (χ0n) is 30.8. The van der Waals surface area contributed by atoms with Crippen molar-refractivity contribution < 1.29 is 29.0 Å². The lowest BCUT2D eigenvalue weighted by Crippen LogP contribution is -2.50. The number of fused-ring (bicyclic) bond motifs is 1. The molecule has 2 heterocycles. The van der Waals surface area contributed by atoms with Crippen molar-refractivity contribution in [1.82, 2.24) is 41.2 Å². The number of hydrogen-bond acceptors (Lipinski definition) is 7. The molecule has 0 fully saturated rings. The van der Waals surface area contributed by atoms with Crippen molar-refractivity contribution in [2.24, 2.45) is 11.8 Å². The summed E-state index contributed by atoms with van der Waals surface area (Å²) in [5, 5.41) is 21.8. The first-order valence-corrected chi connectivity index (χ1v) is 17.4. The molecule has 0 spiro atoms. The Bertz CT molecular complexity index is 2090. The van der Waals surface area contributed by atoms with Crippen LogP contribution in [0.3, 0.4) is 0 Å². The zero-order valence-corrected chi connectivity index (χ0v) is 30.8. The third kappa shape index (κ3) is 9.19. The minimum absolute atomic E-state index is 0.143. The molecule has 0 bridgehead atoms. The monoisotopic (exact) mass is 722 g/mol. The Morgan fingerprint density at radius 2 is 1.04 bits per heavy atom. The number of carbonyl (C=O) groups is 4. The number of alkyl carbamates (subject to hydrolysis) is 1. The molecule has 278 valence electrons. The van der Waals surface area contributed by atoms with Crippen LogP contribution in [0.4, 0.5) is 9.59 Å². The fourth-order valence-corrected chi connectivity index (χ4v) is 5.97. The van der Waals surface area contributed by atoms with Crippen LogP contribution in [0, 0.1) is 11.8 Å². The van der Waals surface area contributed by atoms with Crippen molar-refractivity contribution in [3.63, 3.8) is 0 Å². The van der Waals surface area contributed by atoms with Crippen molar-refractivity contribution in [3.05, 3.63) is 84.7 Å². The number of aromatic nitrogens is 4. The maximum atomic E-state index is 12.9. The van der Waals surface area contributed by atoms with E-state index in [2.05, 4.69) is 76.3 Å². The van der Waals surface area contributed by atoms with Crippen LogP contribution < -0.4 is 21.3 Å². The van der Waals surface area contributed by atoms with Crippen molar-refractivity contribution in [3.8, 4) is 33.6 Å². The quantitative estimate of drug-likeness (QED) is 0.0732. The normalized spacial score (nSPS) is 13.6. The summed E-state index contributed by atoms with van der Waals surface area (Å²) in [5.41, 5.74) is 5.57. The minimum atomic E-state index is -1.25. The highest BCUT2D eigenvalue weighted by Crippen LogP contribution is 2.30. The van der Waals surface area contributed by atoms with E-state index in [0.29, 0.717) is 11.6 Å². The fraction of sp³-hybridized carbons (Fsp3) is 0.333. The van der Waals surface area contributed by atoms with Gasteiger partial charge in [0.05, 0.1) is 43.0 Å². The molecule has 7 N–H and O–H groups in total. The van der Waals surface area contributed by atoms with Crippen molar-refractivity contribution in [2.45, 2.75) is 65.7 Å². The molecule has 3 aromatic carbocycles. The lowest BCUT2D eigenvalue weighted by Gasteiger charge is -2.22. The molecule has 0 aliphatic carbocycles. The highest BCUT2D eigenvalue weighted by atomic mass is 16.5.